The average Bonchev–Trinajstić information content (AvgIpc) is 2.86. The van der Waals surface area contributed by atoms with Crippen LogP contribution in [-0.4, -0.2) is 43.5 Å². The summed E-state index contributed by atoms with van der Waals surface area (Å²) >= 11 is 7.49. The summed E-state index contributed by atoms with van der Waals surface area (Å²) in [6, 6.07) is 7.63. The van der Waals surface area contributed by atoms with Crippen LogP contribution < -0.4 is 4.74 Å². The summed E-state index contributed by atoms with van der Waals surface area (Å²) in [5.74, 6) is -2.14. The van der Waals surface area contributed by atoms with Gasteiger partial charge in [-0.3, -0.25) is 0 Å². The predicted octanol–water partition coefficient (Wildman–Crippen LogP) is 5.06. The molecule has 3 atom stereocenters. The summed E-state index contributed by atoms with van der Waals surface area (Å²) in [6.07, 6.45) is 4.69. The van der Waals surface area contributed by atoms with Gasteiger partial charge in [0.15, 0.2) is 21.4 Å². The lowest BCUT2D eigenvalue weighted by molar-refractivity contribution is -0.0731. The van der Waals surface area contributed by atoms with Crippen LogP contribution in [0.3, 0.4) is 0 Å². The number of benzene rings is 2. The molecular formula is C24H21ClF2N2O4S2. The number of nitrogens with zero attached hydrogens (tertiary/aromatic N) is 2. The number of fused-ring (bicyclic) bond motifs is 3. The van der Waals surface area contributed by atoms with E-state index < -0.39 is 38.2 Å². The molecule has 2 aromatic carbocycles. The molecule has 0 N–H and O–H groups in total. The number of halogens is 3. The first-order valence-corrected chi connectivity index (χ1v) is 13.8. The second-order valence-electron chi connectivity index (χ2n) is 8.37. The number of hydrogen-bond acceptors (Lipinski definition) is 7. The monoisotopic (exact) mass is 538 g/mol. The van der Waals surface area contributed by atoms with Gasteiger partial charge >= 0.3 is 0 Å². The van der Waals surface area contributed by atoms with Crippen LogP contribution in [0.25, 0.3) is 0 Å². The summed E-state index contributed by atoms with van der Waals surface area (Å²) < 4.78 is 68.6. The van der Waals surface area contributed by atoms with Gasteiger partial charge in [-0.05, 0) is 49.2 Å². The minimum absolute atomic E-state index is 0.0140. The van der Waals surface area contributed by atoms with Gasteiger partial charge in [-0.15, -0.1) is 11.8 Å². The molecule has 1 saturated heterocycles. The Labute approximate surface area is 211 Å². The van der Waals surface area contributed by atoms with Crippen molar-refractivity contribution in [2.75, 3.05) is 19.0 Å². The Morgan fingerprint density at radius 3 is 2.54 bits per heavy atom. The molecule has 11 heteroatoms. The number of hydrogen-bond donors (Lipinski definition) is 0. The molecule has 5 rings (SSSR count). The third-order valence-corrected chi connectivity index (χ3v) is 10.4. The van der Waals surface area contributed by atoms with Crippen molar-refractivity contribution < 1.29 is 26.7 Å². The molecule has 184 valence electrons. The van der Waals surface area contributed by atoms with Gasteiger partial charge in [0, 0.05) is 40.6 Å². The molecule has 0 aliphatic carbocycles. The molecule has 6 nitrogen and oxygen atoms in total. The fourth-order valence-electron chi connectivity index (χ4n) is 4.99. The van der Waals surface area contributed by atoms with E-state index in [1.165, 1.54) is 42.4 Å². The lowest BCUT2D eigenvalue weighted by Gasteiger charge is -2.50. The van der Waals surface area contributed by atoms with Crippen molar-refractivity contribution in [1.29, 1.82) is 0 Å². The molecule has 1 fully saturated rings. The standard InChI is InChI=1S/C24H21ClF2N2O4S2/c25-15-1-3-17(4-2-15)35(30,31)24-8-9-32-21(7-10-34-16-11-28-14-29-12-16)18(24)13-33-23-20(27)6-5-19(26)22(23)24/h1-6,11-12,14,18,21H,7-10,13H2/t18-,21-,24-/m0/s1. The van der Waals surface area contributed by atoms with Gasteiger partial charge in [-0.2, -0.15) is 0 Å². The van der Waals surface area contributed by atoms with Gasteiger partial charge in [-0.1, -0.05) is 11.6 Å². The molecule has 0 bridgehead atoms. The van der Waals surface area contributed by atoms with Crippen LogP contribution in [0, 0.1) is 17.6 Å². The van der Waals surface area contributed by atoms with Gasteiger partial charge < -0.3 is 9.47 Å². The van der Waals surface area contributed by atoms with E-state index in [4.69, 9.17) is 21.1 Å². The molecule has 3 aromatic rings. The SMILES string of the molecule is O=S(=O)(c1ccc(Cl)cc1)[C@@]12CCO[C@@H](CCSc3cncnc3)[C@@H]1COc1c(F)ccc(F)c12. The van der Waals surface area contributed by atoms with E-state index in [-0.39, 0.29) is 35.8 Å². The Kier molecular flexibility index (Phi) is 6.73. The number of sulfone groups is 1. The zero-order valence-corrected chi connectivity index (χ0v) is 20.8. The third-order valence-electron chi connectivity index (χ3n) is 6.55. The van der Waals surface area contributed by atoms with Crippen molar-refractivity contribution in [2.45, 2.75) is 33.5 Å². The summed E-state index contributed by atoms with van der Waals surface area (Å²) in [5.41, 5.74) is -0.263. The predicted molar refractivity (Wildman–Crippen MR) is 127 cm³/mol. The highest BCUT2D eigenvalue weighted by Crippen LogP contribution is 2.56. The number of ether oxygens (including phenoxy) is 2. The fourth-order valence-corrected chi connectivity index (χ4v) is 8.31. The highest BCUT2D eigenvalue weighted by molar-refractivity contribution is 7.99. The number of thioether (sulfide) groups is 1. The summed E-state index contributed by atoms with van der Waals surface area (Å²) in [5, 5.41) is 0.370. The van der Waals surface area contributed by atoms with E-state index >= 15 is 4.39 Å². The molecule has 0 unspecified atom stereocenters. The maximum Gasteiger partial charge on any atom is 0.189 e. The van der Waals surface area contributed by atoms with E-state index in [0.717, 1.165) is 17.0 Å². The maximum absolute atomic E-state index is 15.4. The summed E-state index contributed by atoms with van der Waals surface area (Å²) in [4.78, 5) is 8.83. The van der Waals surface area contributed by atoms with Crippen molar-refractivity contribution in [2.24, 2.45) is 5.92 Å². The first-order chi connectivity index (χ1) is 16.8. The first-order valence-electron chi connectivity index (χ1n) is 11.0. The number of aromatic nitrogens is 2. The van der Waals surface area contributed by atoms with Crippen molar-refractivity contribution in [3.05, 3.63) is 77.3 Å². The first kappa shape index (κ1) is 24.4. The minimum atomic E-state index is -4.22. The van der Waals surface area contributed by atoms with Crippen molar-refractivity contribution in [1.82, 2.24) is 9.97 Å². The zero-order valence-electron chi connectivity index (χ0n) is 18.4. The van der Waals surface area contributed by atoms with E-state index in [2.05, 4.69) is 9.97 Å². The Balaban J connectivity index is 1.58. The second kappa shape index (κ2) is 9.65. The van der Waals surface area contributed by atoms with E-state index in [0.29, 0.717) is 17.2 Å². The molecule has 3 heterocycles. The Hall–Kier alpha value is -2.27. The van der Waals surface area contributed by atoms with Crippen LogP contribution in [-0.2, 0) is 19.3 Å². The molecule has 0 spiro atoms. The van der Waals surface area contributed by atoms with E-state index in [1.54, 1.807) is 12.4 Å². The van der Waals surface area contributed by atoms with Gasteiger partial charge in [0.1, 0.15) is 16.9 Å². The van der Waals surface area contributed by atoms with Gasteiger partial charge in [0.05, 0.1) is 23.2 Å². The Morgan fingerprint density at radius 2 is 1.80 bits per heavy atom. The molecule has 2 aliphatic rings. The Morgan fingerprint density at radius 1 is 1.09 bits per heavy atom. The third kappa shape index (κ3) is 4.20. The summed E-state index contributed by atoms with van der Waals surface area (Å²) in [6.45, 7) is -0.0491. The highest BCUT2D eigenvalue weighted by Gasteiger charge is 2.61. The van der Waals surface area contributed by atoms with Crippen molar-refractivity contribution in [3.8, 4) is 5.75 Å². The van der Waals surface area contributed by atoms with E-state index in [1.807, 2.05) is 0 Å². The lowest BCUT2D eigenvalue weighted by Crippen LogP contribution is -2.57. The van der Waals surface area contributed by atoms with E-state index in [9.17, 15) is 12.8 Å². The van der Waals surface area contributed by atoms with Crippen molar-refractivity contribution in [3.63, 3.8) is 0 Å². The van der Waals surface area contributed by atoms with Crippen LogP contribution in [0.15, 0.2) is 64.9 Å². The molecule has 35 heavy (non-hydrogen) atoms. The van der Waals surface area contributed by atoms with Gasteiger partial charge in [-0.25, -0.2) is 27.2 Å². The number of rotatable bonds is 6. The normalized spacial score (nSPS) is 23.7. The average molecular weight is 539 g/mol. The molecule has 0 radical (unpaired) electrons. The molecule has 0 amide bonds. The lowest BCUT2D eigenvalue weighted by atomic mass is 9.75. The highest BCUT2D eigenvalue weighted by atomic mass is 35.5. The van der Waals surface area contributed by atoms with Crippen LogP contribution in [0.1, 0.15) is 18.4 Å². The van der Waals surface area contributed by atoms with Crippen LogP contribution in [0.2, 0.25) is 5.02 Å². The van der Waals surface area contributed by atoms with Gasteiger partial charge in [0.2, 0.25) is 0 Å². The maximum atomic E-state index is 15.4. The van der Waals surface area contributed by atoms with Crippen LogP contribution in [0.5, 0.6) is 5.75 Å². The van der Waals surface area contributed by atoms with Crippen LogP contribution >= 0.6 is 23.4 Å². The molecular weight excluding hydrogens is 518 g/mol. The zero-order chi connectivity index (χ0) is 24.6. The van der Waals surface area contributed by atoms with Crippen molar-refractivity contribution >= 4 is 33.2 Å². The molecule has 1 aromatic heterocycles. The molecule has 2 aliphatic heterocycles. The van der Waals surface area contributed by atoms with Gasteiger partial charge in [0.25, 0.3) is 0 Å². The minimum Gasteiger partial charge on any atom is -0.490 e. The smallest absolute Gasteiger partial charge is 0.189 e. The largest absolute Gasteiger partial charge is 0.490 e. The fraction of sp³-hybridized carbons (Fsp3) is 0.333. The summed E-state index contributed by atoms with van der Waals surface area (Å²) in [7, 11) is -4.22. The quantitative estimate of drug-likeness (QED) is 0.406. The van der Waals surface area contributed by atoms with Crippen LogP contribution in [0.4, 0.5) is 8.78 Å². The molecule has 0 saturated carbocycles. The topological polar surface area (TPSA) is 78.4 Å². The second-order valence-corrected chi connectivity index (χ2v) is 12.2. The Bertz CT molecular complexity index is 1330.